The lowest BCUT2D eigenvalue weighted by Gasteiger charge is -2.31. The molecule has 22 heavy (non-hydrogen) atoms. The van der Waals surface area contributed by atoms with Gasteiger partial charge in [-0.2, -0.15) is 0 Å². The molecular formula is C19H30O3. The maximum absolute atomic E-state index is 12.9. The lowest BCUT2D eigenvalue weighted by Crippen LogP contribution is -2.32. The minimum atomic E-state index is -0.266. The van der Waals surface area contributed by atoms with Crippen LogP contribution < -0.4 is 0 Å². The van der Waals surface area contributed by atoms with E-state index in [9.17, 15) is 9.59 Å². The molecule has 0 saturated heterocycles. The highest BCUT2D eigenvalue weighted by atomic mass is 16.5. The molecule has 3 atom stereocenters. The molecule has 0 aliphatic heterocycles. The molecule has 0 aromatic rings. The van der Waals surface area contributed by atoms with Crippen LogP contribution in [0.3, 0.4) is 0 Å². The lowest BCUT2D eigenvalue weighted by molar-refractivity contribution is -0.146. The van der Waals surface area contributed by atoms with Crippen molar-refractivity contribution in [3.63, 3.8) is 0 Å². The second-order valence-corrected chi connectivity index (χ2v) is 7.60. The summed E-state index contributed by atoms with van der Waals surface area (Å²) in [6.45, 7) is 10.8. The van der Waals surface area contributed by atoms with E-state index in [1.54, 1.807) is 0 Å². The van der Waals surface area contributed by atoms with Crippen LogP contribution in [-0.4, -0.2) is 18.4 Å². The van der Waals surface area contributed by atoms with Crippen LogP contribution >= 0.6 is 0 Å². The van der Waals surface area contributed by atoms with E-state index >= 15 is 0 Å². The lowest BCUT2D eigenvalue weighted by atomic mass is 9.70. The molecule has 0 unspecified atom stereocenters. The minimum absolute atomic E-state index is 0.000115. The number of rotatable bonds is 6. The Bertz CT molecular complexity index is 489. The summed E-state index contributed by atoms with van der Waals surface area (Å²) in [6.07, 6.45) is 6.78. The second kappa shape index (κ2) is 6.17. The van der Waals surface area contributed by atoms with Crippen molar-refractivity contribution in [2.75, 3.05) is 6.61 Å². The fourth-order valence-corrected chi connectivity index (χ4v) is 4.28. The summed E-state index contributed by atoms with van der Waals surface area (Å²) in [5, 5.41) is 0. The fraction of sp³-hybridized carbons (Fsp3) is 0.789. The average Bonchev–Trinajstić information content (AvgIpc) is 2.77. The van der Waals surface area contributed by atoms with Crippen LogP contribution in [0, 0.1) is 22.7 Å². The molecule has 3 nitrogen and oxygen atoms in total. The summed E-state index contributed by atoms with van der Waals surface area (Å²) in [5.74, 6) is 0.114. The predicted molar refractivity (Wildman–Crippen MR) is 87.4 cm³/mol. The van der Waals surface area contributed by atoms with Gasteiger partial charge < -0.3 is 4.74 Å². The van der Waals surface area contributed by atoms with Crippen LogP contribution in [0.15, 0.2) is 11.6 Å². The number of ether oxygens (including phenoxy) is 1. The molecule has 0 aromatic carbocycles. The van der Waals surface area contributed by atoms with Gasteiger partial charge in [-0.15, -0.1) is 0 Å². The largest absolute Gasteiger partial charge is 0.466 e. The number of ketones is 1. The molecular weight excluding hydrogens is 276 g/mol. The molecule has 0 heterocycles. The molecule has 0 radical (unpaired) electrons. The van der Waals surface area contributed by atoms with E-state index in [4.69, 9.17) is 4.74 Å². The molecule has 2 fully saturated rings. The van der Waals surface area contributed by atoms with Crippen molar-refractivity contribution < 1.29 is 14.3 Å². The third-order valence-electron chi connectivity index (χ3n) is 6.20. The summed E-state index contributed by atoms with van der Waals surface area (Å²) < 4.78 is 5.21. The maximum atomic E-state index is 12.9. The first-order valence-corrected chi connectivity index (χ1v) is 8.72. The van der Waals surface area contributed by atoms with Gasteiger partial charge in [0.2, 0.25) is 0 Å². The highest BCUT2D eigenvalue weighted by Gasteiger charge is 2.63. The van der Waals surface area contributed by atoms with E-state index in [2.05, 4.69) is 27.7 Å². The number of carbonyl (C=O) groups excluding carboxylic acids is 2. The van der Waals surface area contributed by atoms with Crippen molar-refractivity contribution in [3.8, 4) is 0 Å². The van der Waals surface area contributed by atoms with E-state index in [-0.39, 0.29) is 28.5 Å². The molecule has 2 rings (SSSR count). The Morgan fingerprint density at radius 1 is 1.36 bits per heavy atom. The number of fused-ring (bicyclic) bond motifs is 2. The van der Waals surface area contributed by atoms with Crippen LogP contribution in [0.2, 0.25) is 0 Å². The number of unbranched alkanes of at least 4 members (excludes halogenated alkanes) is 1. The van der Waals surface area contributed by atoms with Crippen LogP contribution in [-0.2, 0) is 14.3 Å². The highest BCUT2D eigenvalue weighted by molar-refractivity contribution is 6.05. The standard InChI is InChI=1S/C19H30O3/c1-6-8-9-13(17(21)22-7-2)12-14-15-10-11-19(5,16(14)20)18(15,3)4/h12-13,15H,6-11H2,1-5H3/b14-12+/t13-,15-,19-/m1/s1. The van der Waals surface area contributed by atoms with E-state index in [1.807, 2.05) is 13.0 Å². The van der Waals surface area contributed by atoms with Crippen molar-refractivity contribution in [3.05, 3.63) is 11.6 Å². The van der Waals surface area contributed by atoms with E-state index in [0.29, 0.717) is 12.5 Å². The van der Waals surface area contributed by atoms with Crippen LogP contribution in [0.1, 0.15) is 66.7 Å². The van der Waals surface area contributed by atoms with Crippen molar-refractivity contribution in [1.29, 1.82) is 0 Å². The third-order valence-corrected chi connectivity index (χ3v) is 6.20. The number of Topliss-reactive ketones (excluding diaryl/α,β-unsaturated/α-hetero) is 1. The first-order valence-electron chi connectivity index (χ1n) is 8.72. The molecule has 2 saturated carbocycles. The van der Waals surface area contributed by atoms with Crippen LogP contribution in [0.5, 0.6) is 0 Å². The van der Waals surface area contributed by atoms with Crippen LogP contribution in [0.4, 0.5) is 0 Å². The summed E-state index contributed by atoms with van der Waals surface area (Å²) in [4.78, 5) is 25.1. The van der Waals surface area contributed by atoms with Gasteiger partial charge in [0, 0.05) is 5.41 Å². The zero-order valence-electron chi connectivity index (χ0n) is 14.7. The minimum Gasteiger partial charge on any atom is -0.466 e. The number of carbonyl (C=O) groups is 2. The predicted octanol–water partition coefficient (Wildman–Crippen LogP) is 4.31. The number of allylic oxidation sites excluding steroid dienone is 1. The Morgan fingerprint density at radius 2 is 2.05 bits per heavy atom. The first kappa shape index (κ1) is 17.2. The van der Waals surface area contributed by atoms with Gasteiger partial charge in [0.15, 0.2) is 5.78 Å². The van der Waals surface area contributed by atoms with Gasteiger partial charge in [-0.3, -0.25) is 9.59 Å². The topological polar surface area (TPSA) is 43.4 Å². The Morgan fingerprint density at radius 3 is 2.55 bits per heavy atom. The van der Waals surface area contributed by atoms with Crippen molar-refractivity contribution in [1.82, 2.24) is 0 Å². The van der Waals surface area contributed by atoms with Gasteiger partial charge in [-0.05, 0) is 43.1 Å². The quantitative estimate of drug-likeness (QED) is 0.542. The maximum Gasteiger partial charge on any atom is 0.312 e. The molecule has 2 aliphatic carbocycles. The highest BCUT2D eigenvalue weighted by Crippen LogP contribution is 2.65. The van der Waals surface area contributed by atoms with Crippen LogP contribution in [0.25, 0.3) is 0 Å². The van der Waals surface area contributed by atoms with Gasteiger partial charge in [-0.25, -0.2) is 0 Å². The summed E-state index contributed by atoms with van der Waals surface area (Å²) in [5.41, 5.74) is 0.640. The van der Waals surface area contributed by atoms with Gasteiger partial charge in [-0.1, -0.05) is 46.6 Å². The van der Waals surface area contributed by atoms with Gasteiger partial charge in [0.05, 0.1) is 12.5 Å². The zero-order valence-corrected chi connectivity index (χ0v) is 14.7. The molecule has 0 spiro atoms. The van der Waals surface area contributed by atoms with Gasteiger partial charge >= 0.3 is 5.97 Å². The third kappa shape index (κ3) is 2.53. The van der Waals surface area contributed by atoms with Crippen molar-refractivity contribution in [2.45, 2.75) is 66.7 Å². The van der Waals surface area contributed by atoms with E-state index < -0.39 is 0 Å². The summed E-state index contributed by atoms with van der Waals surface area (Å²) in [6, 6.07) is 0. The molecule has 0 aromatic heterocycles. The number of esters is 1. The molecule has 3 heteroatoms. The second-order valence-electron chi connectivity index (χ2n) is 7.60. The molecule has 0 amide bonds. The average molecular weight is 306 g/mol. The molecule has 0 N–H and O–H groups in total. The Labute approximate surface area is 134 Å². The zero-order chi connectivity index (χ0) is 16.5. The van der Waals surface area contributed by atoms with Crippen molar-refractivity contribution in [2.24, 2.45) is 22.7 Å². The Kier molecular flexibility index (Phi) is 4.84. The van der Waals surface area contributed by atoms with Crippen molar-refractivity contribution >= 4 is 11.8 Å². The number of hydrogen-bond acceptors (Lipinski definition) is 3. The SMILES string of the molecule is CCCC[C@H](/C=C1/C(=O)[C@@]2(C)CC[C@H]1C2(C)C)C(=O)OCC. The summed E-state index contributed by atoms with van der Waals surface area (Å²) in [7, 11) is 0. The molecule has 2 aliphatic rings. The fourth-order valence-electron chi connectivity index (χ4n) is 4.28. The number of hydrogen-bond donors (Lipinski definition) is 0. The van der Waals surface area contributed by atoms with Gasteiger partial charge in [0.1, 0.15) is 0 Å². The van der Waals surface area contributed by atoms with E-state index in [0.717, 1.165) is 37.7 Å². The molecule has 124 valence electrons. The Balaban J connectivity index is 2.29. The summed E-state index contributed by atoms with van der Waals surface area (Å²) >= 11 is 0. The molecule has 2 bridgehead atoms. The Hall–Kier alpha value is -1.12. The normalized spacial score (nSPS) is 32.5. The van der Waals surface area contributed by atoms with Gasteiger partial charge in [0.25, 0.3) is 0 Å². The first-order chi connectivity index (χ1) is 10.3. The monoisotopic (exact) mass is 306 g/mol. The van der Waals surface area contributed by atoms with E-state index in [1.165, 1.54) is 0 Å². The smallest absolute Gasteiger partial charge is 0.312 e.